The molecule has 7 heteroatoms. The highest BCUT2D eigenvalue weighted by Crippen LogP contribution is 2.24. The molecule has 1 aliphatic rings. The zero-order valence-electron chi connectivity index (χ0n) is 11.7. The number of hydrogen-bond acceptors (Lipinski definition) is 4. The molecule has 1 aromatic carbocycles. The number of benzene rings is 1. The van der Waals surface area contributed by atoms with Crippen molar-refractivity contribution in [2.24, 2.45) is 5.92 Å². The number of anilines is 1. The average molecular weight is 310 g/mol. The molecule has 0 saturated carbocycles. The number of hydrogen-bond donors (Lipinski definition) is 3. The van der Waals surface area contributed by atoms with Crippen molar-refractivity contribution in [1.29, 1.82) is 0 Å². The van der Waals surface area contributed by atoms with Gasteiger partial charge in [-0.25, -0.2) is 9.59 Å². The van der Waals surface area contributed by atoms with Gasteiger partial charge in [0.15, 0.2) is 0 Å². The Morgan fingerprint density at radius 3 is 2.90 bits per heavy atom. The number of thioether (sulfide) groups is 1. The van der Waals surface area contributed by atoms with Gasteiger partial charge in [-0.1, -0.05) is 0 Å². The lowest BCUT2D eigenvalue weighted by Gasteiger charge is -2.12. The van der Waals surface area contributed by atoms with E-state index in [1.807, 2.05) is 11.8 Å². The minimum Gasteiger partial charge on any atom is -0.496 e. The van der Waals surface area contributed by atoms with E-state index in [1.165, 1.54) is 25.3 Å². The molecule has 1 saturated heterocycles. The largest absolute Gasteiger partial charge is 0.496 e. The second-order valence-corrected chi connectivity index (χ2v) is 5.93. The van der Waals surface area contributed by atoms with Gasteiger partial charge in [-0.15, -0.1) is 0 Å². The summed E-state index contributed by atoms with van der Waals surface area (Å²) in [5.74, 6) is 1.92. The molecular formula is C14H18N2O4S. The van der Waals surface area contributed by atoms with Gasteiger partial charge in [0, 0.05) is 18.3 Å². The molecule has 1 aromatic rings. The molecule has 3 N–H and O–H groups in total. The Hall–Kier alpha value is -1.89. The van der Waals surface area contributed by atoms with Gasteiger partial charge in [0.1, 0.15) is 11.3 Å². The van der Waals surface area contributed by atoms with Crippen molar-refractivity contribution in [2.45, 2.75) is 6.42 Å². The van der Waals surface area contributed by atoms with E-state index in [1.54, 1.807) is 0 Å². The molecule has 21 heavy (non-hydrogen) atoms. The van der Waals surface area contributed by atoms with Crippen LogP contribution in [-0.4, -0.2) is 42.3 Å². The summed E-state index contributed by atoms with van der Waals surface area (Å²) in [6, 6.07) is 4.15. The van der Waals surface area contributed by atoms with Crippen molar-refractivity contribution in [2.75, 3.05) is 30.5 Å². The van der Waals surface area contributed by atoms with Crippen LogP contribution in [-0.2, 0) is 0 Å². The molecule has 114 valence electrons. The number of rotatable bonds is 5. The van der Waals surface area contributed by atoms with Crippen molar-refractivity contribution >= 4 is 29.4 Å². The van der Waals surface area contributed by atoms with Crippen LogP contribution in [0.15, 0.2) is 18.2 Å². The number of urea groups is 1. The minimum absolute atomic E-state index is 0.0615. The molecule has 0 bridgehead atoms. The zero-order valence-corrected chi connectivity index (χ0v) is 12.5. The number of ether oxygens (including phenoxy) is 1. The third-order valence-electron chi connectivity index (χ3n) is 3.27. The van der Waals surface area contributed by atoms with E-state index in [9.17, 15) is 9.59 Å². The van der Waals surface area contributed by atoms with Gasteiger partial charge >= 0.3 is 12.0 Å². The highest BCUT2D eigenvalue weighted by Gasteiger charge is 2.16. The van der Waals surface area contributed by atoms with E-state index in [4.69, 9.17) is 9.84 Å². The van der Waals surface area contributed by atoms with Crippen LogP contribution < -0.4 is 15.4 Å². The van der Waals surface area contributed by atoms with Crippen molar-refractivity contribution in [3.63, 3.8) is 0 Å². The maximum atomic E-state index is 11.8. The van der Waals surface area contributed by atoms with Crippen molar-refractivity contribution < 1.29 is 19.4 Å². The lowest BCUT2D eigenvalue weighted by molar-refractivity contribution is 0.0693. The highest BCUT2D eigenvalue weighted by molar-refractivity contribution is 7.99. The van der Waals surface area contributed by atoms with E-state index in [2.05, 4.69) is 10.6 Å². The first kappa shape index (κ1) is 15.5. The Bertz CT molecular complexity index is 530. The van der Waals surface area contributed by atoms with Crippen molar-refractivity contribution in [3.8, 4) is 5.75 Å². The third kappa shape index (κ3) is 4.29. The molecule has 1 unspecified atom stereocenters. The van der Waals surface area contributed by atoms with Gasteiger partial charge in [-0.3, -0.25) is 0 Å². The molecule has 1 heterocycles. The Morgan fingerprint density at radius 1 is 1.48 bits per heavy atom. The standard InChI is InChI=1S/C14H18N2O4S/c1-20-12-6-10(2-3-11(12)13(17)18)16-14(19)15-7-9-4-5-21-8-9/h2-3,6,9H,4-5,7-8H2,1H3,(H,17,18)(H2,15,16,19). The normalized spacial score (nSPS) is 17.3. The molecule has 2 amide bonds. The summed E-state index contributed by atoms with van der Waals surface area (Å²) < 4.78 is 5.01. The Balaban J connectivity index is 1.92. The summed E-state index contributed by atoms with van der Waals surface area (Å²) in [6.07, 6.45) is 1.13. The summed E-state index contributed by atoms with van der Waals surface area (Å²) in [4.78, 5) is 22.8. The fraction of sp³-hybridized carbons (Fsp3) is 0.429. The first-order valence-corrected chi connectivity index (χ1v) is 7.79. The maximum Gasteiger partial charge on any atom is 0.339 e. The van der Waals surface area contributed by atoms with Gasteiger partial charge < -0.3 is 20.5 Å². The fourth-order valence-electron chi connectivity index (χ4n) is 2.10. The molecule has 1 atom stereocenters. The average Bonchev–Trinajstić information content (AvgIpc) is 2.98. The number of carboxylic acids is 1. The number of methoxy groups -OCH3 is 1. The number of amides is 2. The summed E-state index contributed by atoms with van der Waals surface area (Å²) in [7, 11) is 1.39. The number of aromatic carboxylic acids is 1. The molecule has 1 aliphatic heterocycles. The van der Waals surface area contributed by atoms with Crippen LogP contribution in [0.5, 0.6) is 5.75 Å². The van der Waals surface area contributed by atoms with Crippen LogP contribution in [0.1, 0.15) is 16.8 Å². The Morgan fingerprint density at radius 2 is 2.29 bits per heavy atom. The van der Waals surface area contributed by atoms with E-state index >= 15 is 0 Å². The van der Waals surface area contributed by atoms with Gasteiger partial charge in [-0.2, -0.15) is 11.8 Å². The van der Waals surface area contributed by atoms with Crippen LogP contribution in [0.3, 0.4) is 0 Å². The van der Waals surface area contributed by atoms with Crippen LogP contribution >= 0.6 is 11.8 Å². The molecule has 2 rings (SSSR count). The summed E-state index contributed by atoms with van der Waals surface area (Å²) in [6.45, 7) is 0.656. The predicted molar refractivity (Wildman–Crippen MR) is 82.4 cm³/mol. The summed E-state index contributed by atoms with van der Waals surface area (Å²) in [5, 5.41) is 14.5. The molecule has 6 nitrogen and oxygen atoms in total. The molecular weight excluding hydrogens is 292 g/mol. The van der Waals surface area contributed by atoms with Gasteiger partial charge in [-0.05, 0) is 36.0 Å². The second kappa shape index (κ2) is 7.21. The molecule has 0 aromatic heterocycles. The number of carbonyl (C=O) groups excluding carboxylic acids is 1. The fourth-order valence-corrected chi connectivity index (χ4v) is 3.39. The third-order valence-corrected chi connectivity index (χ3v) is 4.50. The lowest BCUT2D eigenvalue weighted by Crippen LogP contribution is -2.33. The second-order valence-electron chi connectivity index (χ2n) is 4.78. The van der Waals surface area contributed by atoms with Crippen molar-refractivity contribution in [1.82, 2.24) is 5.32 Å². The summed E-state index contributed by atoms with van der Waals surface area (Å²) >= 11 is 1.90. The minimum atomic E-state index is -1.07. The van der Waals surface area contributed by atoms with E-state index in [0.717, 1.165) is 17.9 Å². The van der Waals surface area contributed by atoms with E-state index in [-0.39, 0.29) is 17.3 Å². The number of nitrogens with one attached hydrogen (secondary N) is 2. The highest BCUT2D eigenvalue weighted by atomic mass is 32.2. The first-order valence-electron chi connectivity index (χ1n) is 6.64. The Kier molecular flexibility index (Phi) is 5.32. The zero-order chi connectivity index (χ0) is 15.2. The number of carboxylic acid groups (broad SMARTS) is 1. The smallest absolute Gasteiger partial charge is 0.339 e. The van der Waals surface area contributed by atoms with E-state index < -0.39 is 5.97 Å². The van der Waals surface area contributed by atoms with Crippen LogP contribution in [0, 0.1) is 5.92 Å². The quantitative estimate of drug-likeness (QED) is 0.776. The van der Waals surface area contributed by atoms with Gasteiger partial charge in [0.25, 0.3) is 0 Å². The first-order chi connectivity index (χ1) is 10.1. The molecule has 0 radical (unpaired) electrons. The van der Waals surface area contributed by atoms with Crippen LogP contribution in [0.25, 0.3) is 0 Å². The van der Waals surface area contributed by atoms with Gasteiger partial charge in [0.05, 0.1) is 7.11 Å². The van der Waals surface area contributed by atoms with Crippen LogP contribution in [0.2, 0.25) is 0 Å². The van der Waals surface area contributed by atoms with Crippen LogP contribution in [0.4, 0.5) is 10.5 Å². The monoisotopic (exact) mass is 310 g/mol. The van der Waals surface area contributed by atoms with Gasteiger partial charge in [0.2, 0.25) is 0 Å². The maximum absolute atomic E-state index is 11.8. The molecule has 0 aliphatic carbocycles. The number of carbonyl (C=O) groups is 2. The van der Waals surface area contributed by atoms with E-state index in [0.29, 0.717) is 18.2 Å². The summed E-state index contributed by atoms with van der Waals surface area (Å²) in [5.41, 5.74) is 0.557. The molecule has 0 spiro atoms. The molecule has 1 fully saturated rings. The lowest BCUT2D eigenvalue weighted by atomic mass is 10.1. The van der Waals surface area contributed by atoms with Crippen molar-refractivity contribution in [3.05, 3.63) is 23.8 Å². The topological polar surface area (TPSA) is 87.7 Å². The SMILES string of the molecule is COc1cc(NC(=O)NCC2CCSC2)ccc1C(=O)O. The Labute approximate surface area is 127 Å². The predicted octanol–water partition coefficient (Wildman–Crippen LogP) is 2.27.